The number of ether oxygens (including phenoxy) is 1. The highest BCUT2D eigenvalue weighted by Crippen LogP contribution is 2.33. The van der Waals surface area contributed by atoms with Crippen molar-refractivity contribution in [3.63, 3.8) is 0 Å². The van der Waals surface area contributed by atoms with Gasteiger partial charge in [-0.05, 0) is 61.5 Å². The van der Waals surface area contributed by atoms with Gasteiger partial charge in [-0.25, -0.2) is 13.1 Å². The molecule has 0 amide bonds. The van der Waals surface area contributed by atoms with Crippen molar-refractivity contribution in [2.75, 3.05) is 13.7 Å². The van der Waals surface area contributed by atoms with E-state index in [9.17, 15) is 13.5 Å². The monoisotopic (exact) mass is 405 g/mol. The van der Waals surface area contributed by atoms with Gasteiger partial charge < -0.3 is 9.84 Å². The van der Waals surface area contributed by atoms with E-state index in [4.69, 9.17) is 4.74 Å². The number of aryl methyl sites for hydroxylation is 2. The molecule has 144 valence electrons. The molecule has 0 aliphatic heterocycles. The van der Waals surface area contributed by atoms with Gasteiger partial charge in [0.1, 0.15) is 16.2 Å². The molecule has 0 aliphatic rings. The van der Waals surface area contributed by atoms with Crippen LogP contribution in [-0.4, -0.2) is 27.2 Å². The zero-order chi connectivity index (χ0) is 19.8. The molecule has 5 nitrogen and oxygen atoms in total. The van der Waals surface area contributed by atoms with Crippen LogP contribution in [0.3, 0.4) is 0 Å². The predicted molar refractivity (Wildman–Crippen MR) is 109 cm³/mol. The summed E-state index contributed by atoms with van der Waals surface area (Å²) in [7, 11) is -2.40. The van der Waals surface area contributed by atoms with Gasteiger partial charge in [-0.2, -0.15) is 0 Å². The van der Waals surface area contributed by atoms with Crippen molar-refractivity contribution in [2.45, 2.75) is 31.3 Å². The molecule has 0 saturated carbocycles. The Bertz CT molecular complexity index is 1050. The Morgan fingerprint density at radius 1 is 1.15 bits per heavy atom. The van der Waals surface area contributed by atoms with Crippen LogP contribution in [0.2, 0.25) is 0 Å². The standard InChI is InChI=1S/C20H23NO4S2/c1-13-9-16(25-4)18(10-14(13)2)27(23,24)21-12-20(3,22)19-11-15-7-5-6-8-17(15)26-19/h5-11,21-22H,12H2,1-4H3/t20-/m0/s1. The molecule has 0 bridgehead atoms. The lowest BCUT2D eigenvalue weighted by Crippen LogP contribution is -2.38. The third-order valence-electron chi connectivity index (χ3n) is 4.63. The summed E-state index contributed by atoms with van der Waals surface area (Å²) < 4.78 is 34.5. The fraction of sp³-hybridized carbons (Fsp3) is 0.300. The highest BCUT2D eigenvalue weighted by atomic mass is 32.2. The summed E-state index contributed by atoms with van der Waals surface area (Å²) in [5, 5.41) is 11.9. The van der Waals surface area contributed by atoms with Gasteiger partial charge in [0.15, 0.2) is 0 Å². The van der Waals surface area contributed by atoms with Gasteiger partial charge in [-0.1, -0.05) is 18.2 Å². The van der Waals surface area contributed by atoms with Crippen LogP contribution in [0.5, 0.6) is 5.75 Å². The molecule has 1 heterocycles. The van der Waals surface area contributed by atoms with Gasteiger partial charge in [0.05, 0.1) is 7.11 Å². The van der Waals surface area contributed by atoms with Crippen molar-refractivity contribution in [3.8, 4) is 5.75 Å². The van der Waals surface area contributed by atoms with Crippen LogP contribution >= 0.6 is 11.3 Å². The summed E-state index contributed by atoms with van der Waals surface area (Å²) in [5.41, 5.74) is 0.472. The molecule has 0 aliphatic carbocycles. The Kier molecular flexibility index (Phi) is 5.31. The van der Waals surface area contributed by atoms with Crippen LogP contribution < -0.4 is 9.46 Å². The van der Waals surface area contributed by atoms with Crippen LogP contribution in [0, 0.1) is 13.8 Å². The highest BCUT2D eigenvalue weighted by Gasteiger charge is 2.29. The number of hydrogen-bond acceptors (Lipinski definition) is 5. The lowest BCUT2D eigenvalue weighted by molar-refractivity contribution is 0.0666. The minimum absolute atomic E-state index is 0.0697. The fourth-order valence-electron chi connectivity index (χ4n) is 2.78. The van der Waals surface area contributed by atoms with E-state index in [-0.39, 0.29) is 17.2 Å². The molecule has 3 aromatic rings. The first-order valence-corrected chi connectivity index (χ1v) is 10.8. The zero-order valence-electron chi connectivity index (χ0n) is 15.7. The van der Waals surface area contributed by atoms with Gasteiger partial charge in [0.25, 0.3) is 0 Å². The van der Waals surface area contributed by atoms with Gasteiger partial charge in [0, 0.05) is 16.1 Å². The number of hydrogen-bond donors (Lipinski definition) is 2. The number of aliphatic hydroxyl groups is 1. The maximum Gasteiger partial charge on any atom is 0.244 e. The summed E-state index contributed by atoms with van der Waals surface area (Å²) in [6.45, 7) is 5.21. The third-order valence-corrected chi connectivity index (χ3v) is 7.42. The maximum absolute atomic E-state index is 12.8. The van der Waals surface area contributed by atoms with E-state index in [1.165, 1.54) is 18.4 Å². The fourth-order valence-corrected chi connectivity index (χ4v) is 5.25. The normalized spacial score (nSPS) is 14.3. The van der Waals surface area contributed by atoms with E-state index in [1.54, 1.807) is 19.1 Å². The second-order valence-corrected chi connectivity index (χ2v) is 9.65. The van der Waals surface area contributed by atoms with Gasteiger partial charge in [0.2, 0.25) is 10.0 Å². The van der Waals surface area contributed by atoms with E-state index >= 15 is 0 Å². The molecule has 3 rings (SSSR count). The maximum atomic E-state index is 12.8. The van der Waals surface area contributed by atoms with Crippen LogP contribution in [0.1, 0.15) is 22.9 Å². The molecule has 2 N–H and O–H groups in total. The summed E-state index contributed by atoms with van der Waals surface area (Å²) >= 11 is 1.45. The van der Waals surface area contributed by atoms with E-state index in [2.05, 4.69) is 4.72 Å². The molecule has 0 radical (unpaired) electrons. The molecule has 7 heteroatoms. The van der Waals surface area contributed by atoms with Crippen LogP contribution in [0.25, 0.3) is 10.1 Å². The van der Waals surface area contributed by atoms with Crippen LogP contribution in [-0.2, 0) is 15.6 Å². The second kappa shape index (κ2) is 7.24. The minimum atomic E-state index is -3.84. The Hall–Kier alpha value is -1.93. The average Bonchev–Trinajstić information content (AvgIpc) is 3.07. The minimum Gasteiger partial charge on any atom is -0.495 e. The first-order chi connectivity index (χ1) is 12.6. The largest absolute Gasteiger partial charge is 0.495 e. The van der Waals surface area contributed by atoms with Crippen molar-refractivity contribution in [1.82, 2.24) is 4.72 Å². The second-order valence-electron chi connectivity index (χ2n) is 6.83. The number of methoxy groups -OCH3 is 1. The highest BCUT2D eigenvalue weighted by molar-refractivity contribution is 7.89. The summed E-state index contributed by atoms with van der Waals surface area (Å²) in [4.78, 5) is 0.777. The number of nitrogens with one attached hydrogen (secondary N) is 1. The lowest BCUT2D eigenvalue weighted by atomic mass is 10.1. The quantitative estimate of drug-likeness (QED) is 0.655. The number of fused-ring (bicyclic) bond motifs is 1. The Morgan fingerprint density at radius 3 is 2.48 bits per heavy atom. The number of sulfonamides is 1. The van der Waals surface area contributed by atoms with E-state index in [0.717, 1.165) is 21.2 Å². The van der Waals surface area contributed by atoms with Gasteiger partial charge in [-0.15, -0.1) is 11.3 Å². The number of benzene rings is 2. The molecule has 0 fully saturated rings. The van der Waals surface area contributed by atoms with E-state index in [1.807, 2.05) is 44.2 Å². The van der Waals surface area contributed by atoms with Crippen molar-refractivity contribution < 1.29 is 18.3 Å². The molecule has 0 unspecified atom stereocenters. The first-order valence-electron chi connectivity index (χ1n) is 8.50. The predicted octanol–water partition coefficient (Wildman–Crippen LogP) is 3.71. The molecule has 0 saturated heterocycles. The SMILES string of the molecule is COc1cc(C)c(C)cc1S(=O)(=O)NC[C@](C)(O)c1cc2ccccc2s1. The molecular weight excluding hydrogens is 382 g/mol. The molecule has 1 atom stereocenters. The van der Waals surface area contributed by atoms with Crippen LogP contribution in [0.15, 0.2) is 47.4 Å². The average molecular weight is 406 g/mol. The summed E-state index contributed by atoms with van der Waals surface area (Å²) in [6.07, 6.45) is 0. The van der Waals surface area contributed by atoms with E-state index < -0.39 is 15.6 Å². The Labute approximate surface area is 163 Å². The summed E-state index contributed by atoms with van der Waals surface area (Å²) in [6, 6.07) is 13.0. The van der Waals surface area contributed by atoms with E-state index in [0.29, 0.717) is 4.88 Å². The molecule has 27 heavy (non-hydrogen) atoms. The molecular formula is C20H23NO4S2. The van der Waals surface area contributed by atoms with Gasteiger partial charge >= 0.3 is 0 Å². The Balaban J connectivity index is 1.87. The molecule has 0 spiro atoms. The summed E-state index contributed by atoms with van der Waals surface area (Å²) in [5.74, 6) is 0.284. The number of rotatable bonds is 6. The lowest BCUT2D eigenvalue weighted by Gasteiger charge is -2.23. The van der Waals surface area contributed by atoms with Crippen molar-refractivity contribution >= 4 is 31.4 Å². The number of thiophene rings is 1. The molecule has 1 aromatic heterocycles. The molecule has 2 aromatic carbocycles. The Morgan fingerprint density at radius 2 is 1.81 bits per heavy atom. The van der Waals surface area contributed by atoms with Gasteiger partial charge in [-0.3, -0.25) is 0 Å². The zero-order valence-corrected chi connectivity index (χ0v) is 17.4. The van der Waals surface area contributed by atoms with Crippen molar-refractivity contribution in [3.05, 3.63) is 58.5 Å². The third kappa shape index (κ3) is 4.01. The van der Waals surface area contributed by atoms with Crippen LogP contribution in [0.4, 0.5) is 0 Å². The topological polar surface area (TPSA) is 75.6 Å². The van der Waals surface area contributed by atoms with Crippen molar-refractivity contribution in [2.24, 2.45) is 0 Å². The first kappa shape index (κ1) is 19.8. The van der Waals surface area contributed by atoms with Crippen molar-refractivity contribution in [1.29, 1.82) is 0 Å². The smallest absolute Gasteiger partial charge is 0.244 e.